The number of oxime groups is 1. The molecular formula is C53H83N5O15. The van der Waals surface area contributed by atoms with Crippen molar-refractivity contribution < 1.29 is 72.6 Å². The number of rotatable bonds is 26. The zero-order chi connectivity index (χ0) is 55.3. The number of amides is 4. The molecule has 1 aliphatic heterocycles. The van der Waals surface area contributed by atoms with Crippen molar-refractivity contribution in [2.24, 2.45) is 10.6 Å². The van der Waals surface area contributed by atoms with Crippen molar-refractivity contribution in [3.8, 4) is 5.75 Å². The molecule has 0 bridgehead atoms. The predicted octanol–water partition coefficient (Wildman–Crippen LogP) is 6.24. The monoisotopic (exact) mass is 1030 g/mol. The van der Waals surface area contributed by atoms with E-state index in [1.807, 2.05) is 58.0 Å². The van der Waals surface area contributed by atoms with Gasteiger partial charge in [-0.1, -0.05) is 109 Å². The summed E-state index contributed by atoms with van der Waals surface area (Å²) >= 11 is 0. The van der Waals surface area contributed by atoms with E-state index in [9.17, 15) is 44.1 Å². The Morgan fingerprint density at radius 1 is 0.904 bits per heavy atom. The molecule has 1 saturated heterocycles. The van der Waals surface area contributed by atoms with Crippen molar-refractivity contribution in [1.82, 2.24) is 20.4 Å². The maximum atomic E-state index is 14.4. The van der Waals surface area contributed by atoms with Gasteiger partial charge in [-0.3, -0.25) is 19.3 Å². The van der Waals surface area contributed by atoms with Crippen LogP contribution >= 0.6 is 0 Å². The fourth-order valence-electron chi connectivity index (χ4n) is 6.91. The highest BCUT2D eigenvalue weighted by atomic mass is 16.7. The van der Waals surface area contributed by atoms with Crippen LogP contribution in [0.5, 0.6) is 5.75 Å². The molecule has 1 heterocycles. The number of carbonyl (C=O) groups is 6. The average molecular weight is 1030 g/mol. The molecular weight excluding hydrogens is 947 g/mol. The van der Waals surface area contributed by atoms with Crippen LogP contribution < -0.4 is 15.4 Å². The molecule has 20 nitrogen and oxygen atoms in total. The van der Waals surface area contributed by atoms with E-state index in [2.05, 4.69) is 29.6 Å². The lowest BCUT2D eigenvalue weighted by atomic mass is 9.76. The summed E-state index contributed by atoms with van der Waals surface area (Å²) in [6.07, 6.45) is 0.464. The molecule has 0 radical (unpaired) electrons. The molecule has 410 valence electrons. The van der Waals surface area contributed by atoms with Gasteiger partial charge >= 0.3 is 18.0 Å². The smallest absolute Gasteiger partial charge is 0.410 e. The van der Waals surface area contributed by atoms with Crippen LogP contribution in [-0.2, 0) is 59.8 Å². The number of ether oxygens (including phenoxy) is 5. The van der Waals surface area contributed by atoms with E-state index in [0.717, 1.165) is 17.7 Å². The van der Waals surface area contributed by atoms with Gasteiger partial charge < -0.3 is 59.4 Å². The molecule has 2 aromatic carbocycles. The number of aliphatic hydroxyl groups excluding tert-OH is 1. The topological polar surface area (TPSA) is 261 Å². The van der Waals surface area contributed by atoms with E-state index in [1.54, 1.807) is 45.9 Å². The Kier molecular flexibility index (Phi) is 29.9. The van der Waals surface area contributed by atoms with Crippen LogP contribution in [0.4, 0.5) is 4.79 Å². The third-order valence-corrected chi connectivity index (χ3v) is 11.2. The number of carboxylic acid groups (broad SMARTS) is 2. The lowest BCUT2D eigenvalue weighted by Crippen LogP contribution is -2.62. The number of aliphatic carboxylic acids is 2. The van der Waals surface area contributed by atoms with Crippen molar-refractivity contribution in [3.05, 3.63) is 76.9 Å². The van der Waals surface area contributed by atoms with Gasteiger partial charge in [0, 0.05) is 51.0 Å². The Bertz CT molecular complexity index is 2070. The van der Waals surface area contributed by atoms with Crippen LogP contribution in [0.1, 0.15) is 112 Å². The van der Waals surface area contributed by atoms with Crippen molar-refractivity contribution in [1.29, 1.82) is 0 Å². The number of aryl methyl sites for hydroxylation is 1. The molecule has 0 spiro atoms. The van der Waals surface area contributed by atoms with E-state index >= 15 is 0 Å². The van der Waals surface area contributed by atoms with E-state index in [4.69, 9.17) is 28.5 Å². The molecule has 5 atom stereocenters. The normalized spacial score (nSPS) is 16.7. The lowest BCUT2D eigenvalue weighted by molar-refractivity contribution is -0.195. The van der Waals surface area contributed by atoms with Crippen molar-refractivity contribution in [2.45, 2.75) is 144 Å². The Morgan fingerprint density at radius 3 is 2.08 bits per heavy atom. The number of hydrogen-bond donors (Lipinski definition) is 5. The summed E-state index contributed by atoms with van der Waals surface area (Å²) in [6.45, 7) is 23.3. The Labute approximate surface area is 431 Å². The van der Waals surface area contributed by atoms with Gasteiger partial charge in [0.15, 0.2) is 6.10 Å². The fraction of sp³-hybridized carbons (Fsp3) is 0.604. The minimum absolute atomic E-state index is 0.0137. The summed E-state index contributed by atoms with van der Waals surface area (Å²) < 4.78 is 27.5. The molecule has 20 heteroatoms. The fourth-order valence-corrected chi connectivity index (χ4v) is 6.91. The third kappa shape index (κ3) is 24.0. The van der Waals surface area contributed by atoms with Gasteiger partial charge in [-0.25, -0.2) is 14.4 Å². The SMILES string of the molecule is C/C(=C\CN(C)C(=O)C(NC(=O)C(N(C)C(=O)OCc1ccc(OC2CC(O)CC(C(=O)O)O2)c(C)c1)C(C)(C)c1ccccc1)C(C)(C)C)C(=O)O.CC/C(C)=N\OCCOCCOCCNC=O.CCC. The first-order chi connectivity index (χ1) is 34.3. The number of likely N-dealkylation sites (N-methyl/N-ethyl adjacent to an activating group) is 2. The van der Waals surface area contributed by atoms with Crippen LogP contribution in [-0.4, -0.2) is 158 Å². The largest absolute Gasteiger partial charge is 0.479 e. The van der Waals surface area contributed by atoms with Gasteiger partial charge in [0.25, 0.3) is 0 Å². The molecule has 0 aromatic heterocycles. The highest BCUT2D eigenvalue weighted by Gasteiger charge is 2.45. The van der Waals surface area contributed by atoms with E-state index < -0.39 is 71.3 Å². The molecule has 5 N–H and O–H groups in total. The summed E-state index contributed by atoms with van der Waals surface area (Å²) in [7, 11) is 2.99. The maximum absolute atomic E-state index is 14.4. The maximum Gasteiger partial charge on any atom is 0.410 e. The van der Waals surface area contributed by atoms with Gasteiger partial charge in [-0.15, -0.1) is 0 Å². The highest BCUT2D eigenvalue weighted by molar-refractivity contribution is 5.93. The first-order valence-electron chi connectivity index (χ1n) is 24.6. The van der Waals surface area contributed by atoms with Gasteiger partial charge in [0.2, 0.25) is 24.5 Å². The first kappa shape index (κ1) is 64.9. The number of nitrogens with zero attached hydrogens (tertiary/aromatic N) is 3. The van der Waals surface area contributed by atoms with Crippen LogP contribution in [0.3, 0.4) is 0 Å². The second kappa shape index (κ2) is 33.6. The zero-order valence-electron chi connectivity index (χ0n) is 45.2. The number of carbonyl (C=O) groups excluding carboxylic acids is 4. The quantitative estimate of drug-likeness (QED) is 0.0230. The van der Waals surface area contributed by atoms with Crippen molar-refractivity contribution in [2.75, 3.05) is 60.2 Å². The molecule has 3 rings (SSSR count). The molecule has 2 aromatic rings. The van der Waals surface area contributed by atoms with Crippen LogP contribution in [0, 0.1) is 12.3 Å². The first-order valence-corrected chi connectivity index (χ1v) is 24.6. The van der Waals surface area contributed by atoms with Crippen LogP contribution in [0.2, 0.25) is 0 Å². The molecule has 1 aliphatic rings. The molecule has 73 heavy (non-hydrogen) atoms. The minimum Gasteiger partial charge on any atom is -0.479 e. The number of carboxylic acids is 2. The molecule has 0 aliphatic carbocycles. The summed E-state index contributed by atoms with van der Waals surface area (Å²) in [5.41, 5.74) is 1.35. The zero-order valence-corrected chi connectivity index (χ0v) is 45.2. The average Bonchev–Trinajstić information content (AvgIpc) is 3.33. The number of nitrogens with one attached hydrogen (secondary N) is 2. The highest BCUT2D eigenvalue weighted by Crippen LogP contribution is 2.32. The third-order valence-electron chi connectivity index (χ3n) is 11.2. The predicted molar refractivity (Wildman–Crippen MR) is 276 cm³/mol. The van der Waals surface area contributed by atoms with E-state index in [-0.39, 0.29) is 31.6 Å². The van der Waals surface area contributed by atoms with Crippen LogP contribution in [0.25, 0.3) is 0 Å². The van der Waals surface area contributed by atoms with Crippen molar-refractivity contribution in [3.63, 3.8) is 0 Å². The summed E-state index contributed by atoms with van der Waals surface area (Å²) in [5, 5.41) is 37.9. The van der Waals surface area contributed by atoms with Crippen molar-refractivity contribution >= 4 is 42.0 Å². The minimum atomic E-state index is -1.18. The Morgan fingerprint density at radius 2 is 1.52 bits per heavy atom. The Balaban J connectivity index is 0.00000112. The second-order valence-electron chi connectivity index (χ2n) is 19.1. The van der Waals surface area contributed by atoms with Gasteiger partial charge in [0.05, 0.1) is 38.2 Å². The summed E-state index contributed by atoms with van der Waals surface area (Å²) in [5.74, 6) is -2.90. The summed E-state index contributed by atoms with van der Waals surface area (Å²) in [4.78, 5) is 81.9. The van der Waals surface area contributed by atoms with Gasteiger partial charge in [-0.2, -0.15) is 0 Å². The molecule has 0 saturated carbocycles. The second-order valence-corrected chi connectivity index (χ2v) is 19.1. The standard InChI is InChI=1S/C39H53N3O11.C11H22N2O4.C3H8/c1-23(35(46)47)17-18-41(8)34(45)31(38(3,4)5)40-33(44)32(39(6,7)26-13-11-10-12-14-26)42(9)37(50)51-22-25-15-16-28(24(2)19-25)52-30-21-27(43)20-29(53-30)36(48)49;1-3-11(2)13-17-9-8-16-7-6-15-5-4-12-10-14;1-3-2/h10-17,19,27,29-32,43H,18,20-22H2,1-9H3,(H,40,44)(H,46,47)(H,48,49);10H,3-9H2,1-2H3,(H,12,14);3H2,1-2H3/b23-17+;13-11-;. The van der Waals surface area contributed by atoms with E-state index in [0.29, 0.717) is 62.9 Å². The van der Waals surface area contributed by atoms with Gasteiger partial charge in [-0.05, 0) is 61.4 Å². The molecule has 4 amide bonds. The lowest BCUT2D eigenvalue weighted by Gasteiger charge is -2.41. The number of hydrogen-bond acceptors (Lipinski definition) is 14. The summed E-state index contributed by atoms with van der Waals surface area (Å²) in [6, 6.07) is 12.1. The molecule has 1 fully saturated rings. The number of aliphatic hydroxyl groups is 1. The van der Waals surface area contributed by atoms with E-state index in [1.165, 1.54) is 43.3 Å². The Hall–Kier alpha value is -6.09. The molecule has 5 unspecified atom stereocenters. The number of benzene rings is 2. The van der Waals surface area contributed by atoms with Crippen LogP contribution in [0.15, 0.2) is 65.3 Å². The van der Waals surface area contributed by atoms with Gasteiger partial charge in [0.1, 0.15) is 31.0 Å².